The summed E-state index contributed by atoms with van der Waals surface area (Å²) in [6.07, 6.45) is -0.291. The molecule has 2 nitrogen and oxygen atoms in total. The first kappa shape index (κ1) is 10.7. The normalized spacial score (nSPS) is 18.3. The van der Waals surface area contributed by atoms with E-state index in [2.05, 4.69) is 5.73 Å². The fourth-order valence-electron chi connectivity index (χ4n) is 0.440. The molecule has 0 saturated heterocycles. The van der Waals surface area contributed by atoms with Crippen LogP contribution in [0.15, 0.2) is 0 Å². The minimum atomic E-state index is -4.18. The Bertz CT molecular complexity index is 98.5. The van der Waals surface area contributed by atoms with Gasteiger partial charge in [-0.2, -0.15) is 13.2 Å². The third-order valence-corrected chi connectivity index (χ3v) is 1.38. The van der Waals surface area contributed by atoms with Crippen molar-refractivity contribution in [1.82, 2.24) is 0 Å². The van der Waals surface area contributed by atoms with Crippen molar-refractivity contribution >= 4 is 0 Å². The topological polar surface area (TPSA) is 52.0 Å². The van der Waals surface area contributed by atoms with Crippen molar-refractivity contribution in [2.75, 3.05) is 6.54 Å². The molecular weight excluding hydrogens is 157 g/mol. The van der Waals surface area contributed by atoms with Crippen molar-refractivity contribution < 1.29 is 13.2 Å². The molecule has 0 amide bonds. The van der Waals surface area contributed by atoms with Gasteiger partial charge in [-0.1, -0.05) is 6.42 Å². The molecule has 1 aliphatic rings. The highest BCUT2D eigenvalue weighted by Gasteiger charge is 2.23. The SMILES string of the molecule is NC1CCC1.NCC(F)(F)F. The molecular formula is C6H13F3N2. The molecule has 11 heavy (non-hydrogen) atoms. The summed E-state index contributed by atoms with van der Waals surface area (Å²) in [6.45, 7) is -1.23. The second-order valence-electron chi connectivity index (χ2n) is 2.51. The van der Waals surface area contributed by atoms with Crippen LogP contribution in [0, 0.1) is 0 Å². The van der Waals surface area contributed by atoms with Crippen LogP contribution in [-0.4, -0.2) is 18.8 Å². The second-order valence-corrected chi connectivity index (χ2v) is 2.51. The lowest BCUT2D eigenvalue weighted by atomic mass is 9.95. The third-order valence-electron chi connectivity index (χ3n) is 1.38. The number of nitrogens with two attached hydrogens (primary N) is 2. The van der Waals surface area contributed by atoms with E-state index in [0.29, 0.717) is 6.04 Å². The van der Waals surface area contributed by atoms with Gasteiger partial charge < -0.3 is 11.5 Å². The zero-order valence-electron chi connectivity index (χ0n) is 6.19. The Labute approximate surface area is 63.7 Å². The monoisotopic (exact) mass is 170 g/mol. The van der Waals surface area contributed by atoms with E-state index >= 15 is 0 Å². The standard InChI is InChI=1S/C4H9N.C2H4F3N/c5-4-2-1-3-4;3-2(4,5)1-6/h4H,1-3,5H2;1,6H2. The molecule has 1 rings (SSSR count). The molecule has 1 fully saturated rings. The van der Waals surface area contributed by atoms with Gasteiger partial charge in [-0.25, -0.2) is 0 Å². The van der Waals surface area contributed by atoms with E-state index in [9.17, 15) is 13.2 Å². The van der Waals surface area contributed by atoms with Crippen LogP contribution >= 0.6 is 0 Å². The van der Waals surface area contributed by atoms with Crippen LogP contribution in [0.4, 0.5) is 13.2 Å². The fraction of sp³-hybridized carbons (Fsp3) is 1.00. The van der Waals surface area contributed by atoms with Crippen molar-refractivity contribution in [2.24, 2.45) is 11.5 Å². The van der Waals surface area contributed by atoms with Gasteiger partial charge in [-0.05, 0) is 12.8 Å². The summed E-state index contributed by atoms with van der Waals surface area (Å²) in [7, 11) is 0. The molecule has 0 unspecified atom stereocenters. The van der Waals surface area contributed by atoms with E-state index in [-0.39, 0.29) is 0 Å². The van der Waals surface area contributed by atoms with Crippen LogP contribution in [0.2, 0.25) is 0 Å². The maximum absolute atomic E-state index is 10.7. The molecule has 4 N–H and O–H groups in total. The first-order valence-corrected chi connectivity index (χ1v) is 3.48. The summed E-state index contributed by atoms with van der Waals surface area (Å²) in [5, 5.41) is 0. The smallest absolute Gasteiger partial charge is 0.328 e. The molecule has 68 valence electrons. The summed E-state index contributed by atoms with van der Waals surface area (Å²) >= 11 is 0. The summed E-state index contributed by atoms with van der Waals surface area (Å²) in [5.41, 5.74) is 9.56. The van der Waals surface area contributed by atoms with E-state index in [0.717, 1.165) is 0 Å². The Balaban J connectivity index is 0.000000183. The first-order chi connectivity index (χ1) is 4.95. The lowest BCUT2D eigenvalue weighted by Crippen LogP contribution is -2.27. The van der Waals surface area contributed by atoms with Crippen molar-refractivity contribution in [1.29, 1.82) is 0 Å². The highest BCUT2D eigenvalue weighted by atomic mass is 19.4. The summed E-state index contributed by atoms with van der Waals surface area (Å²) in [6, 6.07) is 0.565. The number of hydrogen-bond donors (Lipinski definition) is 2. The zero-order valence-corrected chi connectivity index (χ0v) is 6.19. The van der Waals surface area contributed by atoms with Gasteiger partial charge in [0.05, 0.1) is 6.54 Å². The Kier molecular flexibility index (Phi) is 4.44. The van der Waals surface area contributed by atoms with Crippen LogP contribution in [0.1, 0.15) is 19.3 Å². The Hall–Kier alpha value is -0.290. The molecule has 0 heterocycles. The summed E-state index contributed by atoms with van der Waals surface area (Å²) < 4.78 is 32.0. The van der Waals surface area contributed by atoms with Gasteiger partial charge >= 0.3 is 6.18 Å². The fourth-order valence-corrected chi connectivity index (χ4v) is 0.440. The minimum Gasteiger partial charge on any atom is -0.328 e. The van der Waals surface area contributed by atoms with Crippen LogP contribution in [0.5, 0.6) is 0 Å². The Morgan fingerprint density at radius 1 is 1.27 bits per heavy atom. The van der Waals surface area contributed by atoms with Crippen LogP contribution < -0.4 is 11.5 Å². The van der Waals surface area contributed by atoms with Gasteiger partial charge in [-0.3, -0.25) is 0 Å². The van der Waals surface area contributed by atoms with Gasteiger partial charge in [0.2, 0.25) is 0 Å². The summed E-state index contributed by atoms with van der Waals surface area (Å²) in [5.74, 6) is 0. The minimum absolute atomic E-state index is 0.565. The van der Waals surface area contributed by atoms with Gasteiger partial charge in [0, 0.05) is 6.04 Å². The highest BCUT2D eigenvalue weighted by molar-refractivity contribution is 4.70. The zero-order chi connectivity index (χ0) is 8.91. The average molecular weight is 170 g/mol. The number of rotatable bonds is 0. The van der Waals surface area contributed by atoms with Crippen molar-refractivity contribution in [3.8, 4) is 0 Å². The van der Waals surface area contributed by atoms with Crippen molar-refractivity contribution in [3.63, 3.8) is 0 Å². The maximum atomic E-state index is 10.7. The first-order valence-electron chi connectivity index (χ1n) is 3.48. The van der Waals surface area contributed by atoms with Crippen LogP contribution in [0.25, 0.3) is 0 Å². The summed E-state index contributed by atoms with van der Waals surface area (Å²) in [4.78, 5) is 0. The number of alkyl halides is 3. The van der Waals surface area contributed by atoms with Gasteiger partial charge in [-0.15, -0.1) is 0 Å². The largest absolute Gasteiger partial charge is 0.400 e. The van der Waals surface area contributed by atoms with E-state index < -0.39 is 12.7 Å². The Morgan fingerprint density at radius 2 is 1.55 bits per heavy atom. The van der Waals surface area contributed by atoms with Crippen LogP contribution in [-0.2, 0) is 0 Å². The molecule has 0 radical (unpaired) electrons. The third kappa shape index (κ3) is 7.61. The van der Waals surface area contributed by atoms with Crippen LogP contribution in [0.3, 0.4) is 0 Å². The highest BCUT2D eigenvalue weighted by Crippen LogP contribution is 2.14. The number of hydrogen-bond acceptors (Lipinski definition) is 2. The van der Waals surface area contributed by atoms with E-state index in [4.69, 9.17) is 5.73 Å². The lowest BCUT2D eigenvalue weighted by Gasteiger charge is -2.18. The average Bonchev–Trinajstić information content (AvgIpc) is 1.84. The molecule has 0 aromatic heterocycles. The quantitative estimate of drug-likeness (QED) is 0.570. The van der Waals surface area contributed by atoms with Gasteiger partial charge in [0.15, 0.2) is 0 Å². The molecule has 0 spiro atoms. The number of halogens is 3. The molecule has 5 heteroatoms. The molecule has 0 aromatic carbocycles. The van der Waals surface area contributed by atoms with Gasteiger partial charge in [0.1, 0.15) is 0 Å². The molecule has 1 saturated carbocycles. The van der Waals surface area contributed by atoms with Crippen molar-refractivity contribution in [2.45, 2.75) is 31.5 Å². The van der Waals surface area contributed by atoms with Crippen molar-refractivity contribution in [3.05, 3.63) is 0 Å². The maximum Gasteiger partial charge on any atom is 0.400 e. The molecule has 1 aliphatic carbocycles. The predicted octanol–water partition coefficient (Wildman–Crippen LogP) is 1.00. The molecule has 0 bridgehead atoms. The molecule has 0 aromatic rings. The van der Waals surface area contributed by atoms with Gasteiger partial charge in [0.25, 0.3) is 0 Å². The molecule has 0 aliphatic heterocycles. The lowest BCUT2D eigenvalue weighted by molar-refractivity contribution is -0.118. The Morgan fingerprint density at radius 3 is 1.55 bits per heavy atom. The van der Waals surface area contributed by atoms with E-state index in [1.807, 2.05) is 0 Å². The molecule has 0 atom stereocenters. The predicted molar refractivity (Wildman–Crippen MR) is 36.9 cm³/mol. The second kappa shape index (κ2) is 4.56. The van der Waals surface area contributed by atoms with E-state index in [1.165, 1.54) is 19.3 Å². The van der Waals surface area contributed by atoms with E-state index in [1.54, 1.807) is 0 Å².